The first kappa shape index (κ1) is 10.5. The molecule has 7 heteroatoms. The van der Waals surface area contributed by atoms with E-state index in [2.05, 4.69) is 10.1 Å². The smallest absolute Gasteiger partial charge is 0.381 e. The average molecular weight is 229 g/mol. The molecular weight excluding hydrogens is 223 g/mol. The van der Waals surface area contributed by atoms with Gasteiger partial charge in [0, 0.05) is 12.3 Å². The monoisotopic (exact) mass is 229 g/mol. The maximum Gasteiger partial charge on any atom is 0.417 e. The summed E-state index contributed by atoms with van der Waals surface area (Å²) in [5, 5.41) is 3.40. The second-order valence-electron chi connectivity index (χ2n) is 3.05. The maximum atomic E-state index is 12.2. The van der Waals surface area contributed by atoms with Gasteiger partial charge in [0.05, 0.1) is 5.56 Å². The lowest BCUT2D eigenvalue weighted by atomic mass is 10.2. The van der Waals surface area contributed by atoms with Crippen molar-refractivity contribution in [3.63, 3.8) is 0 Å². The number of rotatable bonds is 1. The van der Waals surface area contributed by atoms with Crippen molar-refractivity contribution in [1.29, 1.82) is 0 Å². The second kappa shape index (κ2) is 3.51. The molecule has 2 aromatic heterocycles. The van der Waals surface area contributed by atoms with Gasteiger partial charge >= 0.3 is 6.18 Å². The number of alkyl halides is 3. The highest BCUT2D eigenvalue weighted by atomic mass is 19.4. The largest absolute Gasteiger partial charge is 0.417 e. The average Bonchev–Trinajstić information content (AvgIpc) is 2.64. The van der Waals surface area contributed by atoms with Crippen LogP contribution in [0.3, 0.4) is 0 Å². The fourth-order valence-corrected chi connectivity index (χ4v) is 1.12. The molecule has 84 valence electrons. The van der Waals surface area contributed by atoms with Crippen molar-refractivity contribution in [1.82, 2.24) is 10.1 Å². The maximum absolute atomic E-state index is 12.2. The fourth-order valence-electron chi connectivity index (χ4n) is 1.12. The molecule has 2 rings (SSSR count). The second-order valence-corrected chi connectivity index (χ2v) is 3.05. The van der Waals surface area contributed by atoms with E-state index < -0.39 is 11.7 Å². The topological polar surface area (TPSA) is 64.9 Å². The van der Waals surface area contributed by atoms with Crippen LogP contribution < -0.4 is 5.73 Å². The van der Waals surface area contributed by atoms with Gasteiger partial charge in [-0.1, -0.05) is 5.16 Å². The Labute approximate surface area is 87.9 Å². The van der Waals surface area contributed by atoms with Crippen molar-refractivity contribution < 1.29 is 17.7 Å². The Balaban J connectivity index is 2.33. The van der Waals surface area contributed by atoms with Gasteiger partial charge < -0.3 is 10.3 Å². The van der Waals surface area contributed by atoms with Crippen LogP contribution in [0.2, 0.25) is 0 Å². The molecule has 0 radical (unpaired) electrons. The first-order valence-electron chi connectivity index (χ1n) is 4.22. The number of pyridine rings is 1. The van der Waals surface area contributed by atoms with Gasteiger partial charge in [-0.3, -0.25) is 4.98 Å². The number of hydrogen-bond donors (Lipinski definition) is 1. The number of anilines is 1. The molecule has 0 aliphatic carbocycles. The van der Waals surface area contributed by atoms with Gasteiger partial charge in [-0.05, 0) is 12.1 Å². The molecule has 4 nitrogen and oxygen atoms in total. The number of aromatic nitrogens is 2. The molecule has 2 aromatic rings. The van der Waals surface area contributed by atoms with E-state index in [9.17, 15) is 13.2 Å². The lowest BCUT2D eigenvalue weighted by Gasteiger charge is -2.05. The Morgan fingerprint density at radius 3 is 2.44 bits per heavy atom. The zero-order valence-corrected chi connectivity index (χ0v) is 7.82. The molecule has 0 aromatic carbocycles. The van der Waals surface area contributed by atoms with Crippen molar-refractivity contribution in [3.8, 4) is 11.5 Å². The van der Waals surface area contributed by atoms with Crippen molar-refractivity contribution >= 4 is 5.82 Å². The zero-order valence-electron chi connectivity index (χ0n) is 7.82. The minimum Gasteiger partial charge on any atom is -0.381 e. The minimum absolute atomic E-state index is 0.150. The molecule has 2 heterocycles. The van der Waals surface area contributed by atoms with Gasteiger partial charge in [0.1, 0.15) is 5.69 Å². The Morgan fingerprint density at radius 2 is 2.00 bits per heavy atom. The normalized spacial score (nSPS) is 11.7. The molecule has 0 amide bonds. The van der Waals surface area contributed by atoms with Gasteiger partial charge in [-0.2, -0.15) is 13.2 Å². The van der Waals surface area contributed by atoms with Crippen LogP contribution >= 0.6 is 0 Å². The Morgan fingerprint density at radius 1 is 1.25 bits per heavy atom. The van der Waals surface area contributed by atoms with Gasteiger partial charge in [-0.15, -0.1) is 0 Å². The van der Waals surface area contributed by atoms with Crippen LogP contribution in [0.4, 0.5) is 19.0 Å². The van der Waals surface area contributed by atoms with Crippen molar-refractivity contribution in [3.05, 3.63) is 30.0 Å². The number of halogens is 3. The van der Waals surface area contributed by atoms with Crippen molar-refractivity contribution in [2.45, 2.75) is 6.18 Å². The Kier molecular flexibility index (Phi) is 2.30. The summed E-state index contributed by atoms with van der Waals surface area (Å²) in [5.74, 6) is 0.378. The molecule has 0 bridgehead atoms. The van der Waals surface area contributed by atoms with Crippen LogP contribution in [0.1, 0.15) is 5.56 Å². The predicted octanol–water partition coefficient (Wildman–Crippen LogP) is 2.34. The summed E-state index contributed by atoms with van der Waals surface area (Å²) in [6, 6.07) is 3.50. The van der Waals surface area contributed by atoms with Crippen molar-refractivity contribution in [2.24, 2.45) is 0 Å². The van der Waals surface area contributed by atoms with Crippen molar-refractivity contribution in [2.75, 3.05) is 5.73 Å². The predicted molar refractivity (Wildman–Crippen MR) is 49.1 cm³/mol. The van der Waals surface area contributed by atoms with Gasteiger partial charge in [0.25, 0.3) is 0 Å². The van der Waals surface area contributed by atoms with E-state index in [0.717, 1.165) is 12.3 Å². The standard InChI is InChI=1S/C9H6F3N3O/c10-9(11,12)5-1-2-6(14-4-5)7-3-8(13)15-16-7/h1-4H,(H2,13,15). The molecule has 16 heavy (non-hydrogen) atoms. The summed E-state index contributed by atoms with van der Waals surface area (Å²) in [7, 11) is 0. The van der Waals surface area contributed by atoms with E-state index in [4.69, 9.17) is 10.3 Å². The van der Waals surface area contributed by atoms with Gasteiger partial charge in [0.15, 0.2) is 11.6 Å². The summed E-state index contributed by atoms with van der Waals surface area (Å²) in [5.41, 5.74) is 4.73. The molecule has 2 N–H and O–H groups in total. The van der Waals surface area contributed by atoms with E-state index >= 15 is 0 Å². The quantitative estimate of drug-likeness (QED) is 0.815. The van der Waals surface area contributed by atoms with Gasteiger partial charge in [-0.25, -0.2) is 0 Å². The molecular formula is C9H6F3N3O. The molecule has 0 aliphatic heterocycles. The SMILES string of the molecule is Nc1cc(-c2ccc(C(F)(F)F)cn2)on1. The highest BCUT2D eigenvalue weighted by Gasteiger charge is 2.30. The summed E-state index contributed by atoms with van der Waals surface area (Å²) in [4.78, 5) is 3.62. The van der Waals surface area contributed by atoms with Crippen LogP contribution in [-0.2, 0) is 6.18 Å². The minimum atomic E-state index is -4.40. The third-order valence-electron chi connectivity index (χ3n) is 1.87. The van der Waals surface area contributed by atoms with E-state index in [-0.39, 0.29) is 17.3 Å². The molecule has 0 spiro atoms. The summed E-state index contributed by atoms with van der Waals surface area (Å²) < 4.78 is 41.4. The third kappa shape index (κ3) is 1.97. The molecule has 0 fully saturated rings. The van der Waals surface area contributed by atoms with Crippen LogP contribution in [0.15, 0.2) is 28.9 Å². The number of nitrogen functional groups attached to an aromatic ring is 1. The summed E-state index contributed by atoms with van der Waals surface area (Å²) in [6.45, 7) is 0. The van der Waals surface area contributed by atoms with Gasteiger partial charge in [0.2, 0.25) is 0 Å². The van der Waals surface area contributed by atoms with Crippen LogP contribution in [-0.4, -0.2) is 10.1 Å². The van der Waals surface area contributed by atoms with Crippen LogP contribution in [0.25, 0.3) is 11.5 Å². The number of nitrogens with two attached hydrogens (primary N) is 1. The molecule has 0 saturated carbocycles. The Hall–Kier alpha value is -2.05. The first-order chi connectivity index (χ1) is 7.47. The van der Waals surface area contributed by atoms with E-state index in [1.54, 1.807) is 0 Å². The van der Waals surface area contributed by atoms with E-state index in [0.29, 0.717) is 0 Å². The highest BCUT2D eigenvalue weighted by molar-refractivity contribution is 5.55. The van der Waals surface area contributed by atoms with Crippen LogP contribution in [0, 0.1) is 0 Å². The highest BCUT2D eigenvalue weighted by Crippen LogP contribution is 2.29. The molecule has 0 unspecified atom stereocenters. The molecule has 0 atom stereocenters. The fraction of sp³-hybridized carbons (Fsp3) is 0.111. The lowest BCUT2D eigenvalue weighted by molar-refractivity contribution is -0.137. The van der Waals surface area contributed by atoms with Crippen LogP contribution in [0.5, 0.6) is 0 Å². The first-order valence-corrected chi connectivity index (χ1v) is 4.22. The van der Waals surface area contributed by atoms with E-state index in [1.165, 1.54) is 12.1 Å². The van der Waals surface area contributed by atoms with E-state index in [1.807, 2.05) is 0 Å². The lowest BCUT2D eigenvalue weighted by Crippen LogP contribution is -2.05. The summed E-state index contributed by atoms with van der Waals surface area (Å²) >= 11 is 0. The molecule has 0 aliphatic rings. The third-order valence-corrected chi connectivity index (χ3v) is 1.87. The number of hydrogen-bond acceptors (Lipinski definition) is 4. The molecule has 0 saturated heterocycles. The number of nitrogens with zero attached hydrogens (tertiary/aromatic N) is 2. The Bertz CT molecular complexity index is 489. The zero-order chi connectivity index (χ0) is 11.8. The summed E-state index contributed by atoms with van der Waals surface area (Å²) in [6.07, 6.45) is -3.67.